The number of ether oxygens (including phenoxy) is 2. The number of rotatable bonds is 16. The Morgan fingerprint density at radius 2 is 1.83 bits per heavy atom. The summed E-state index contributed by atoms with van der Waals surface area (Å²) in [6.45, 7) is 0.00848. The standard InChI is InChI=1S/C30H36ClNO9/c31-23-6-5-7-25(16-23)39-20-24(33)14-15-27-26(28(34)17-29(27)35)8-3-1-2-4-9-30(36)40-18-21-10-12-22(13-11-21)19-41-32(37)38/h1,3,5-7,10-16,24,26-29,33-35H,2,4,8-9,17-20H2/t24-,26-,27-,28+,29-/m1/s1. The molecule has 0 saturated heterocycles. The van der Waals surface area contributed by atoms with Crippen LogP contribution in [-0.4, -0.2) is 51.3 Å². The Kier molecular flexibility index (Phi) is 13.1. The van der Waals surface area contributed by atoms with E-state index in [0.29, 0.717) is 35.6 Å². The van der Waals surface area contributed by atoms with Crippen LogP contribution in [0.1, 0.15) is 43.2 Å². The second-order valence-corrected chi connectivity index (χ2v) is 10.3. The molecule has 0 spiro atoms. The Morgan fingerprint density at radius 3 is 2.54 bits per heavy atom. The van der Waals surface area contributed by atoms with Crippen molar-refractivity contribution in [3.05, 3.63) is 99.1 Å². The van der Waals surface area contributed by atoms with Gasteiger partial charge in [-0.2, -0.15) is 0 Å². The van der Waals surface area contributed by atoms with E-state index in [1.165, 1.54) is 0 Å². The van der Waals surface area contributed by atoms with Gasteiger partial charge in [0.1, 0.15) is 31.7 Å². The number of hydrogen-bond acceptors (Lipinski definition) is 9. The van der Waals surface area contributed by atoms with Crippen molar-refractivity contribution in [2.24, 2.45) is 11.8 Å². The quantitative estimate of drug-likeness (QED) is 0.0842. The van der Waals surface area contributed by atoms with Crippen molar-refractivity contribution in [3.8, 4) is 5.75 Å². The molecule has 11 heteroatoms. The summed E-state index contributed by atoms with van der Waals surface area (Å²) in [4.78, 5) is 26.6. The molecule has 0 radical (unpaired) electrons. The molecule has 1 aliphatic rings. The van der Waals surface area contributed by atoms with E-state index < -0.39 is 23.4 Å². The molecule has 1 fully saturated rings. The maximum Gasteiger partial charge on any atom is 0.306 e. The monoisotopic (exact) mass is 589 g/mol. The molecular weight excluding hydrogens is 554 g/mol. The number of aliphatic hydroxyl groups excluding tert-OH is 3. The van der Waals surface area contributed by atoms with Gasteiger partial charge in [-0.1, -0.05) is 66.2 Å². The molecule has 0 aliphatic heterocycles. The SMILES string of the molecule is O=C(CCCC=CC[C@@H]1[C@@H](C=C[C@@H](O)COc2cccc(Cl)c2)[C@H](O)C[C@@H]1O)OCc1ccc(CO[N+](=O)[O-])cc1. The van der Waals surface area contributed by atoms with Crippen LogP contribution in [0.4, 0.5) is 0 Å². The molecule has 0 unspecified atom stereocenters. The van der Waals surface area contributed by atoms with Gasteiger partial charge >= 0.3 is 5.97 Å². The molecule has 1 saturated carbocycles. The number of carbonyl (C=O) groups excluding carboxylic acids is 1. The summed E-state index contributed by atoms with van der Waals surface area (Å²) in [7, 11) is 0. The highest BCUT2D eigenvalue weighted by Crippen LogP contribution is 2.36. The van der Waals surface area contributed by atoms with Crippen LogP contribution in [0.25, 0.3) is 0 Å². The Morgan fingerprint density at radius 1 is 1.10 bits per heavy atom. The first-order valence-corrected chi connectivity index (χ1v) is 13.9. The van der Waals surface area contributed by atoms with Crippen LogP contribution >= 0.6 is 11.6 Å². The minimum Gasteiger partial charge on any atom is -0.491 e. The van der Waals surface area contributed by atoms with Gasteiger partial charge in [0.2, 0.25) is 0 Å². The summed E-state index contributed by atoms with van der Waals surface area (Å²) in [6.07, 6.45) is 7.30. The lowest BCUT2D eigenvalue weighted by Gasteiger charge is -2.19. The third-order valence-corrected chi connectivity index (χ3v) is 7.01. The highest BCUT2D eigenvalue weighted by Gasteiger charge is 2.39. The van der Waals surface area contributed by atoms with Gasteiger partial charge in [0.25, 0.3) is 5.09 Å². The lowest BCUT2D eigenvalue weighted by atomic mass is 9.89. The maximum atomic E-state index is 12.0. The number of esters is 1. The van der Waals surface area contributed by atoms with E-state index in [4.69, 9.17) is 21.1 Å². The average molecular weight is 590 g/mol. The van der Waals surface area contributed by atoms with Crippen molar-refractivity contribution < 1.29 is 39.5 Å². The van der Waals surface area contributed by atoms with Gasteiger partial charge in [-0.25, -0.2) is 0 Å². The fourth-order valence-electron chi connectivity index (χ4n) is 4.59. The molecule has 222 valence electrons. The van der Waals surface area contributed by atoms with Crippen molar-refractivity contribution in [3.63, 3.8) is 0 Å². The zero-order valence-electron chi connectivity index (χ0n) is 22.6. The summed E-state index contributed by atoms with van der Waals surface area (Å²) in [6, 6.07) is 13.7. The van der Waals surface area contributed by atoms with Crippen LogP contribution in [0, 0.1) is 22.0 Å². The predicted molar refractivity (Wildman–Crippen MR) is 151 cm³/mol. The number of allylic oxidation sites excluding steroid dienone is 2. The fourth-order valence-corrected chi connectivity index (χ4v) is 4.77. The Balaban J connectivity index is 1.34. The van der Waals surface area contributed by atoms with Gasteiger partial charge in [-0.15, -0.1) is 10.1 Å². The first-order valence-electron chi connectivity index (χ1n) is 13.5. The second-order valence-electron chi connectivity index (χ2n) is 9.91. The molecule has 0 aromatic heterocycles. The highest BCUT2D eigenvalue weighted by atomic mass is 35.5. The number of carbonyl (C=O) groups is 1. The van der Waals surface area contributed by atoms with Crippen molar-refractivity contribution in [1.29, 1.82) is 0 Å². The maximum absolute atomic E-state index is 12.0. The van der Waals surface area contributed by atoms with Crippen LogP contribution < -0.4 is 4.74 Å². The van der Waals surface area contributed by atoms with Crippen molar-refractivity contribution in [2.75, 3.05) is 6.61 Å². The number of nitrogens with zero attached hydrogens (tertiary/aromatic N) is 1. The molecule has 3 rings (SSSR count). The molecule has 5 atom stereocenters. The summed E-state index contributed by atoms with van der Waals surface area (Å²) in [5.41, 5.74) is 1.41. The summed E-state index contributed by atoms with van der Waals surface area (Å²) >= 11 is 5.94. The van der Waals surface area contributed by atoms with Gasteiger partial charge in [-0.3, -0.25) is 4.79 Å². The van der Waals surface area contributed by atoms with E-state index in [9.17, 15) is 30.2 Å². The van der Waals surface area contributed by atoms with E-state index in [0.717, 1.165) is 5.56 Å². The lowest BCUT2D eigenvalue weighted by Crippen LogP contribution is -2.21. The second kappa shape index (κ2) is 16.7. The number of benzene rings is 2. The molecule has 1 aliphatic carbocycles. The van der Waals surface area contributed by atoms with Crippen molar-refractivity contribution >= 4 is 17.6 Å². The smallest absolute Gasteiger partial charge is 0.306 e. The van der Waals surface area contributed by atoms with Gasteiger partial charge < -0.3 is 29.6 Å². The van der Waals surface area contributed by atoms with Crippen LogP contribution in [0.3, 0.4) is 0 Å². The molecular formula is C30H36ClNO9. The van der Waals surface area contributed by atoms with Gasteiger partial charge in [0.05, 0.1) is 12.2 Å². The van der Waals surface area contributed by atoms with Crippen LogP contribution in [0.5, 0.6) is 5.75 Å². The van der Waals surface area contributed by atoms with E-state index in [-0.39, 0.29) is 50.5 Å². The number of aliphatic hydroxyl groups is 3. The number of unbranched alkanes of at least 4 members (excludes halogenated alkanes) is 1. The lowest BCUT2D eigenvalue weighted by molar-refractivity contribution is -0.763. The topological polar surface area (TPSA) is 149 Å². The molecule has 41 heavy (non-hydrogen) atoms. The first-order chi connectivity index (χ1) is 19.7. The van der Waals surface area contributed by atoms with E-state index in [2.05, 4.69) is 4.84 Å². The average Bonchev–Trinajstić information content (AvgIpc) is 3.22. The first kappa shape index (κ1) is 32.1. The molecule has 2 aromatic carbocycles. The Bertz CT molecular complexity index is 1170. The van der Waals surface area contributed by atoms with Crippen LogP contribution in [0.15, 0.2) is 72.8 Å². The minimum absolute atomic E-state index is 0.0307. The van der Waals surface area contributed by atoms with E-state index >= 15 is 0 Å². The normalized spacial score (nSPS) is 21.3. The largest absolute Gasteiger partial charge is 0.491 e. The van der Waals surface area contributed by atoms with Crippen molar-refractivity contribution in [1.82, 2.24) is 0 Å². The molecule has 3 N–H and O–H groups in total. The van der Waals surface area contributed by atoms with E-state index in [1.54, 1.807) is 60.7 Å². The summed E-state index contributed by atoms with van der Waals surface area (Å²) < 4.78 is 10.8. The molecule has 2 aromatic rings. The Hall–Kier alpha value is -3.44. The molecule has 0 bridgehead atoms. The highest BCUT2D eigenvalue weighted by molar-refractivity contribution is 6.30. The van der Waals surface area contributed by atoms with Gasteiger partial charge in [-0.05, 0) is 54.5 Å². The van der Waals surface area contributed by atoms with Gasteiger partial charge in [0, 0.05) is 23.8 Å². The fraction of sp³-hybridized carbons (Fsp3) is 0.433. The molecule has 0 heterocycles. The molecule has 10 nitrogen and oxygen atoms in total. The number of hydrogen-bond donors (Lipinski definition) is 3. The molecule has 0 amide bonds. The van der Waals surface area contributed by atoms with Gasteiger partial charge in [0.15, 0.2) is 0 Å². The zero-order chi connectivity index (χ0) is 29.6. The number of halogens is 1. The van der Waals surface area contributed by atoms with E-state index in [1.807, 2.05) is 12.2 Å². The van der Waals surface area contributed by atoms with Crippen LogP contribution in [0.2, 0.25) is 5.02 Å². The third-order valence-electron chi connectivity index (χ3n) is 6.77. The zero-order valence-corrected chi connectivity index (χ0v) is 23.3. The summed E-state index contributed by atoms with van der Waals surface area (Å²) in [5.74, 6) is -0.273. The minimum atomic E-state index is -0.885. The third kappa shape index (κ3) is 11.5. The summed E-state index contributed by atoms with van der Waals surface area (Å²) in [5, 5.41) is 41.1. The van der Waals surface area contributed by atoms with Crippen LogP contribution in [-0.2, 0) is 27.6 Å². The predicted octanol–water partition coefficient (Wildman–Crippen LogP) is 4.56. The van der Waals surface area contributed by atoms with Crippen molar-refractivity contribution in [2.45, 2.75) is 63.6 Å². The Labute approximate surface area is 243 Å².